The molecule has 1 amide bonds. The summed E-state index contributed by atoms with van der Waals surface area (Å²) < 4.78 is 5.06. The number of aryl methyl sites for hydroxylation is 2. The second kappa shape index (κ2) is 6.32. The van der Waals surface area contributed by atoms with Crippen molar-refractivity contribution in [3.8, 4) is 0 Å². The smallest absolute Gasteiger partial charge is 0.343 e. The normalized spacial score (nSPS) is 10.8. The highest BCUT2D eigenvalue weighted by molar-refractivity contribution is 6.13. The van der Waals surface area contributed by atoms with E-state index in [1.54, 1.807) is 23.1 Å². The number of hydrogen-bond acceptors (Lipinski definition) is 3. The molecule has 0 bridgehead atoms. The van der Waals surface area contributed by atoms with Crippen LogP contribution in [0.1, 0.15) is 28.4 Å². The van der Waals surface area contributed by atoms with E-state index in [2.05, 4.69) is 0 Å². The van der Waals surface area contributed by atoms with Gasteiger partial charge in [0.05, 0.1) is 10.9 Å². The minimum atomic E-state index is -0.434. The van der Waals surface area contributed by atoms with Gasteiger partial charge in [-0.15, -0.1) is 0 Å². The summed E-state index contributed by atoms with van der Waals surface area (Å²) in [4.78, 5) is 26.6. The molecule has 24 heavy (non-hydrogen) atoms. The van der Waals surface area contributed by atoms with Gasteiger partial charge in [-0.05, 0) is 50.1 Å². The zero-order valence-corrected chi connectivity index (χ0v) is 14.0. The fourth-order valence-corrected chi connectivity index (χ4v) is 2.78. The molecular weight excluding hydrogens is 302 g/mol. The van der Waals surface area contributed by atoms with Crippen molar-refractivity contribution in [2.75, 3.05) is 11.4 Å². The van der Waals surface area contributed by atoms with Gasteiger partial charge in [0.15, 0.2) is 0 Å². The monoisotopic (exact) mass is 321 g/mol. The van der Waals surface area contributed by atoms with Crippen molar-refractivity contribution in [2.45, 2.75) is 20.8 Å². The summed E-state index contributed by atoms with van der Waals surface area (Å²) in [5.41, 5.74) is 3.10. The summed E-state index contributed by atoms with van der Waals surface area (Å²) in [6, 6.07) is 12.9. The molecule has 4 heteroatoms. The van der Waals surface area contributed by atoms with Gasteiger partial charge in [0.1, 0.15) is 6.26 Å². The van der Waals surface area contributed by atoms with Gasteiger partial charge in [0.2, 0.25) is 0 Å². The fourth-order valence-electron chi connectivity index (χ4n) is 2.78. The van der Waals surface area contributed by atoms with Crippen LogP contribution in [0.3, 0.4) is 0 Å². The SMILES string of the molecule is CCN(C(=O)c1coc(=O)c2ccccc12)c1ccc(C)c(C)c1. The molecule has 3 aromatic rings. The Morgan fingerprint density at radius 2 is 1.75 bits per heavy atom. The van der Waals surface area contributed by atoms with E-state index in [1.165, 1.54) is 11.8 Å². The van der Waals surface area contributed by atoms with Crippen LogP contribution in [0.5, 0.6) is 0 Å². The molecule has 122 valence electrons. The molecule has 2 aromatic carbocycles. The molecule has 3 rings (SSSR count). The first kappa shape index (κ1) is 16.0. The van der Waals surface area contributed by atoms with E-state index >= 15 is 0 Å². The van der Waals surface area contributed by atoms with Crippen molar-refractivity contribution >= 4 is 22.4 Å². The number of fused-ring (bicyclic) bond motifs is 1. The number of carbonyl (C=O) groups is 1. The second-order valence-corrected chi connectivity index (χ2v) is 5.80. The molecule has 1 heterocycles. The number of hydrogen-bond donors (Lipinski definition) is 0. The first-order valence-electron chi connectivity index (χ1n) is 7.92. The van der Waals surface area contributed by atoms with E-state index in [9.17, 15) is 9.59 Å². The third-order valence-electron chi connectivity index (χ3n) is 4.31. The van der Waals surface area contributed by atoms with E-state index in [0.29, 0.717) is 22.9 Å². The van der Waals surface area contributed by atoms with Gasteiger partial charge in [-0.3, -0.25) is 4.79 Å². The van der Waals surface area contributed by atoms with Crippen molar-refractivity contribution in [1.82, 2.24) is 0 Å². The highest BCUT2D eigenvalue weighted by atomic mass is 16.4. The van der Waals surface area contributed by atoms with Crippen molar-refractivity contribution in [2.24, 2.45) is 0 Å². The maximum atomic E-state index is 13.1. The van der Waals surface area contributed by atoms with Gasteiger partial charge < -0.3 is 9.32 Å². The van der Waals surface area contributed by atoms with Crippen LogP contribution in [0.25, 0.3) is 10.8 Å². The first-order valence-corrected chi connectivity index (χ1v) is 7.92. The lowest BCUT2D eigenvalue weighted by atomic mass is 10.1. The van der Waals surface area contributed by atoms with Crippen LogP contribution in [0.15, 0.2) is 57.9 Å². The van der Waals surface area contributed by atoms with E-state index in [-0.39, 0.29) is 5.91 Å². The van der Waals surface area contributed by atoms with Crippen LogP contribution in [0.2, 0.25) is 0 Å². The van der Waals surface area contributed by atoms with Crippen molar-refractivity contribution < 1.29 is 9.21 Å². The van der Waals surface area contributed by atoms with Gasteiger partial charge in [0.25, 0.3) is 5.91 Å². The quantitative estimate of drug-likeness (QED) is 0.730. The summed E-state index contributed by atoms with van der Waals surface area (Å²) in [6.07, 6.45) is 1.26. The topological polar surface area (TPSA) is 50.5 Å². The van der Waals surface area contributed by atoms with Crippen molar-refractivity contribution in [3.05, 3.63) is 75.8 Å². The molecule has 0 fully saturated rings. The Kier molecular flexibility index (Phi) is 4.21. The second-order valence-electron chi connectivity index (χ2n) is 5.80. The lowest BCUT2D eigenvalue weighted by Gasteiger charge is -2.22. The maximum Gasteiger partial charge on any atom is 0.343 e. The molecule has 1 aromatic heterocycles. The Bertz CT molecular complexity index is 972. The fraction of sp³-hybridized carbons (Fsp3) is 0.200. The molecule has 0 radical (unpaired) electrons. The third kappa shape index (κ3) is 2.71. The summed E-state index contributed by atoms with van der Waals surface area (Å²) >= 11 is 0. The van der Waals surface area contributed by atoms with Crippen LogP contribution in [-0.4, -0.2) is 12.5 Å². The Morgan fingerprint density at radius 3 is 2.42 bits per heavy atom. The molecule has 4 nitrogen and oxygen atoms in total. The van der Waals surface area contributed by atoms with Crippen LogP contribution >= 0.6 is 0 Å². The Hall–Kier alpha value is -2.88. The zero-order chi connectivity index (χ0) is 17.3. The van der Waals surface area contributed by atoms with Gasteiger partial charge in [-0.2, -0.15) is 0 Å². The molecule has 0 saturated carbocycles. The minimum Gasteiger partial charge on any atom is -0.430 e. The average molecular weight is 321 g/mol. The van der Waals surface area contributed by atoms with Gasteiger partial charge >= 0.3 is 5.63 Å². The Morgan fingerprint density at radius 1 is 1.04 bits per heavy atom. The number of benzene rings is 2. The maximum absolute atomic E-state index is 13.1. The third-order valence-corrected chi connectivity index (χ3v) is 4.31. The van der Waals surface area contributed by atoms with Crippen LogP contribution in [0.4, 0.5) is 5.69 Å². The van der Waals surface area contributed by atoms with Crippen molar-refractivity contribution in [1.29, 1.82) is 0 Å². The lowest BCUT2D eigenvalue weighted by Crippen LogP contribution is -2.31. The predicted octanol–water partition coefficient (Wildman–Crippen LogP) is 4.08. The lowest BCUT2D eigenvalue weighted by molar-refractivity contribution is 0.0988. The molecule has 0 unspecified atom stereocenters. The van der Waals surface area contributed by atoms with Crippen LogP contribution in [-0.2, 0) is 0 Å². The molecule has 0 saturated heterocycles. The van der Waals surface area contributed by atoms with Gasteiger partial charge in [-0.1, -0.05) is 24.3 Å². The number of rotatable bonds is 3. The highest BCUT2D eigenvalue weighted by Crippen LogP contribution is 2.23. The molecule has 0 spiro atoms. The number of nitrogens with zero attached hydrogens (tertiary/aromatic N) is 1. The summed E-state index contributed by atoms with van der Waals surface area (Å²) in [6.45, 7) is 6.51. The summed E-state index contributed by atoms with van der Waals surface area (Å²) in [5, 5.41) is 1.03. The van der Waals surface area contributed by atoms with Gasteiger partial charge in [-0.25, -0.2) is 4.79 Å². The van der Waals surface area contributed by atoms with E-state index in [0.717, 1.165) is 11.3 Å². The number of carbonyl (C=O) groups excluding carboxylic acids is 1. The minimum absolute atomic E-state index is 0.180. The highest BCUT2D eigenvalue weighted by Gasteiger charge is 2.20. The van der Waals surface area contributed by atoms with Crippen molar-refractivity contribution in [3.63, 3.8) is 0 Å². The van der Waals surface area contributed by atoms with E-state index in [4.69, 9.17) is 4.42 Å². The summed E-state index contributed by atoms with van der Waals surface area (Å²) in [7, 11) is 0. The summed E-state index contributed by atoms with van der Waals surface area (Å²) in [5.74, 6) is -0.180. The number of anilines is 1. The molecule has 0 atom stereocenters. The molecule has 0 aliphatic heterocycles. The number of amides is 1. The molecule has 0 N–H and O–H groups in total. The molecule has 0 aliphatic carbocycles. The average Bonchev–Trinajstić information content (AvgIpc) is 2.59. The first-order chi connectivity index (χ1) is 11.5. The van der Waals surface area contributed by atoms with Crippen LogP contribution in [0, 0.1) is 13.8 Å². The van der Waals surface area contributed by atoms with E-state index in [1.807, 2.05) is 45.0 Å². The zero-order valence-electron chi connectivity index (χ0n) is 14.0. The predicted molar refractivity (Wildman–Crippen MR) is 95.8 cm³/mol. The largest absolute Gasteiger partial charge is 0.430 e. The van der Waals surface area contributed by atoms with Crippen LogP contribution < -0.4 is 10.5 Å². The Balaban J connectivity index is 2.11. The van der Waals surface area contributed by atoms with E-state index < -0.39 is 5.63 Å². The van der Waals surface area contributed by atoms with Gasteiger partial charge in [0, 0.05) is 17.6 Å². The Labute approximate surface area is 140 Å². The molecule has 0 aliphatic rings. The molecular formula is C20H19NO3. The standard InChI is InChI=1S/C20H19NO3/c1-4-21(15-10-9-13(2)14(3)11-15)19(22)18-12-24-20(23)17-8-6-5-7-16(17)18/h5-12H,4H2,1-3H3.